The van der Waals surface area contributed by atoms with Crippen LogP contribution in [0.4, 0.5) is 0 Å². The summed E-state index contributed by atoms with van der Waals surface area (Å²) in [4.78, 5) is 39.7. The van der Waals surface area contributed by atoms with Crippen LogP contribution in [0.1, 0.15) is 51.4 Å². The van der Waals surface area contributed by atoms with E-state index in [0.29, 0.717) is 25.8 Å². The van der Waals surface area contributed by atoms with Gasteiger partial charge in [0.25, 0.3) is 5.91 Å². The van der Waals surface area contributed by atoms with Gasteiger partial charge in [0.15, 0.2) is 5.60 Å². The summed E-state index contributed by atoms with van der Waals surface area (Å²) in [5.41, 5.74) is 3.03. The first-order valence-corrected chi connectivity index (χ1v) is 14.8. The standard InChI is InChI=1S/C30H43N3O8/c1-33(2)10-9-32-29(40)15-5-3-14(4-6-15)18-7-8-20(34)23-19(18)12-16-11-17-13-21(35)24(28(31)39)27(38)30(17,41)26(37)22(16)25(23)36/h5,14,16-20,23,25,34-37,41H,3-4,6-13H2,1-2H3,(H2,31,39)(H,32,40)/t14?,16-,17+,18?,19?,20?,23?,25?,30+/m1/s1. The lowest BCUT2D eigenvalue weighted by Gasteiger charge is -2.55. The van der Waals surface area contributed by atoms with Gasteiger partial charge in [-0.3, -0.25) is 14.4 Å². The number of likely N-dealkylation sites (N-methyl/N-ethyl adjacent to an activating group) is 1. The van der Waals surface area contributed by atoms with E-state index in [-0.39, 0.29) is 48.0 Å². The summed E-state index contributed by atoms with van der Waals surface area (Å²) in [6.45, 7) is 1.34. The smallest absolute Gasteiger partial charge is 0.255 e. The third kappa shape index (κ3) is 5.00. The second-order valence-electron chi connectivity index (χ2n) is 13.0. The number of Topliss-reactive ketones (excluding diaryl/α,β-unsaturated/α-hetero) is 1. The number of aliphatic hydroxyl groups excluding tert-OH is 4. The molecule has 11 heteroatoms. The molecule has 0 aromatic heterocycles. The van der Waals surface area contributed by atoms with Crippen LogP contribution >= 0.6 is 0 Å². The highest BCUT2D eigenvalue weighted by molar-refractivity contribution is 6.23. The number of ketones is 1. The Morgan fingerprint density at radius 1 is 1.12 bits per heavy atom. The van der Waals surface area contributed by atoms with Crippen molar-refractivity contribution in [3.05, 3.63) is 34.3 Å². The van der Waals surface area contributed by atoms with E-state index in [9.17, 15) is 39.9 Å². The van der Waals surface area contributed by atoms with Gasteiger partial charge in [0.1, 0.15) is 17.1 Å². The van der Waals surface area contributed by atoms with Crippen LogP contribution in [0.15, 0.2) is 34.3 Å². The molecule has 41 heavy (non-hydrogen) atoms. The summed E-state index contributed by atoms with van der Waals surface area (Å²) < 4.78 is 0. The SMILES string of the molecule is CN(C)CCNC(=O)C1=CCC(C2CCC(O)C3C(O)C4=C(O)[C@]5(O)C(=O)C(C(N)=O)=C(O)C[C@@H]5C[C@@H]4CC23)CC1. The Kier molecular flexibility index (Phi) is 8.10. The molecule has 8 N–H and O–H groups in total. The second kappa shape index (κ2) is 11.2. The number of nitrogens with zero attached hydrogens (tertiary/aromatic N) is 1. The summed E-state index contributed by atoms with van der Waals surface area (Å²) in [6.07, 6.45) is 4.01. The van der Waals surface area contributed by atoms with Gasteiger partial charge in [-0.25, -0.2) is 0 Å². The minimum Gasteiger partial charge on any atom is -0.511 e. The molecule has 9 atom stereocenters. The molecule has 0 aromatic carbocycles. The Balaban J connectivity index is 1.37. The van der Waals surface area contributed by atoms with E-state index < -0.39 is 58.4 Å². The lowest BCUT2D eigenvalue weighted by atomic mass is 9.52. The van der Waals surface area contributed by atoms with Gasteiger partial charge in [-0.2, -0.15) is 0 Å². The highest BCUT2D eigenvalue weighted by Gasteiger charge is 2.61. The van der Waals surface area contributed by atoms with Crippen LogP contribution in [0.25, 0.3) is 0 Å². The normalized spacial score (nSPS) is 39.1. The molecular weight excluding hydrogens is 530 g/mol. The van der Waals surface area contributed by atoms with Crippen LogP contribution in [0.5, 0.6) is 0 Å². The van der Waals surface area contributed by atoms with Crippen molar-refractivity contribution in [3.8, 4) is 0 Å². The van der Waals surface area contributed by atoms with Crippen molar-refractivity contribution in [2.24, 2.45) is 41.2 Å². The molecule has 0 aliphatic heterocycles. The summed E-state index contributed by atoms with van der Waals surface area (Å²) in [6, 6.07) is 0. The first-order valence-electron chi connectivity index (χ1n) is 14.8. The molecule has 5 rings (SSSR count). The number of rotatable bonds is 6. The Labute approximate surface area is 239 Å². The van der Waals surface area contributed by atoms with Crippen LogP contribution in [0.2, 0.25) is 0 Å². The minimum absolute atomic E-state index is 0.0332. The van der Waals surface area contributed by atoms with Crippen LogP contribution in [-0.2, 0) is 14.4 Å². The van der Waals surface area contributed by atoms with Crippen LogP contribution in [-0.4, -0.2) is 93.0 Å². The van der Waals surface area contributed by atoms with Crippen molar-refractivity contribution in [1.29, 1.82) is 0 Å². The quantitative estimate of drug-likeness (QED) is 0.223. The van der Waals surface area contributed by atoms with Crippen LogP contribution < -0.4 is 11.1 Å². The average Bonchev–Trinajstić information content (AvgIpc) is 2.90. The first-order chi connectivity index (χ1) is 19.4. The molecule has 0 bridgehead atoms. The first kappa shape index (κ1) is 29.8. The molecule has 0 aromatic rings. The van der Waals surface area contributed by atoms with Crippen molar-refractivity contribution >= 4 is 17.6 Å². The fourth-order valence-corrected chi connectivity index (χ4v) is 8.48. The van der Waals surface area contributed by atoms with Crippen LogP contribution in [0.3, 0.4) is 0 Å². The Morgan fingerprint density at radius 2 is 1.85 bits per heavy atom. The molecule has 6 unspecified atom stereocenters. The number of primary amides is 1. The largest absolute Gasteiger partial charge is 0.511 e. The lowest BCUT2D eigenvalue weighted by molar-refractivity contribution is -0.148. The number of fused-ring (bicyclic) bond motifs is 3. The van der Waals surface area contributed by atoms with Gasteiger partial charge in [0.05, 0.1) is 12.2 Å². The van der Waals surface area contributed by atoms with E-state index in [4.69, 9.17) is 5.73 Å². The zero-order valence-electron chi connectivity index (χ0n) is 23.8. The summed E-state index contributed by atoms with van der Waals surface area (Å²) in [5, 5.41) is 58.8. The van der Waals surface area contributed by atoms with E-state index >= 15 is 0 Å². The highest BCUT2D eigenvalue weighted by Crippen LogP contribution is 2.58. The third-order valence-electron chi connectivity index (χ3n) is 10.5. The molecule has 5 aliphatic rings. The van der Waals surface area contributed by atoms with Crippen molar-refractivity contribution in [3.63, 3.8) is 0 Å². The van der Waals surface area contributed by atoms with Gasteiger partial charge >= 0.3 is 0 Å². The molecule has 0 heterocycles. The number of nitrogens with two attached hydrogens (primary N) is 1. The van der Waals surface area contributed by atoms with E-state index in [0.717, 1.165) is 31.4 Å². The van der Waals surface area contributed by atoms with Gasteiger partial charge in [0, 0.05) is 42.5 Å². The van der Waals surface area contributed by atoms with Crippen molar-refractivity contribution in [2.45, 2.75) is 69.2 Å². The highest BCUT2D eigenvalue weighted by atomic mass is 16.4. The number of hydrogen-bond acceptors (Lipinski definition) is 9. The number of nitrogens with one attached hydrogen (secondary N) is 1. The molecule has 0 radical (unpaired) electrons. The van der Waals surface area contributed by atoms with Crippen molar-refractivity contribution in [2.75, 3.05) is 27.2 Å². The number of amides is 2. The molecule has 2 fully saturated rings. The Morgan fingerprint density at radius 3 is 2.49 bits per heavy atom. The fourth-order valence-electron chi connectivity index (χ4n) is 8.48. The molecule has 0 spiro atoms. The molecule has 11 nitrogen and oxygen atoms in total. The zero-order valence-corrected chi connectivity index (χ0v) is 23.8. The third-order valence-corrected chi connectivity index (χ3v) is 10.5. The molecule has 0 saturated heterocycles. The van der Waals surface area contributed by atoms with Gasteiger partial charge in [-0.15, -0.1) is 0 Å². The monoisotopic (exact) mass is 573 g/mol. The molecule has 2 saturated carbocycles. The Bertz CT molecular complexity index is 1210. The maximum absolute atomic E-state index is 13.2. The van der Waals surface area contributed by atoms with Gasteiger partial charge in [0.2, 0.25) is 11.7 Å². The average molecular weight is 574 g/mol. The number of carbonyl (C=O) groups is 3. The minimum atomic E-state index is -2.47. The maximum atomic E-state index is 13.2. The molecule has 5 aliphatic carbocycles. The van der Waals surface area contributed by atoms with E-state index in [2.05, 4.69) is 5.32 Å². The maximum Gasteiger partial charge on any atom is 0.255 e. The number of allylic oxidation sites excluding steroid dienone is 2. The number of hydrogen-bond donors (Lipinski definition) is 7. The second-order valence-corrected chi connectivity index (χ2v) is 13.0. The lowest BCUT2D eigenvalue weighted by Crippen LogP contribution is -2.60. The Hall–Kier alpha value is -2.73. The van der Waals surface area contributed by atoms with Crippen LogP contribution in [0, 0.1) is 35.5 Å². The van der Waals surface area contributed by atoms with E-state index in [1.807, 2.05) is 25.1 Å². The van der Waals surface area contributed by atoms with E-state index in [1.165, 1.54) is 0 Å². The number of carbonyl (C=O) groups excluding carboxylic acids is 3. The molecular formula is C30H43N3O8. The van der Waals surface area contributed by atoms with E-state index in [1.54, 1.807) is 0 Å². The zero-order chi connectivity index (χ0) is 29.8. The summed E-state index contributed by atoms with van der Waals surface area (Å²) in [5.74, 6) is -4.97. The van der Waals surface area contributed by atoms with Crippen molar-refractivity contribution < 1.29 is 39.9 Å². The molecule has 2 amide bonds. The fraction of sp³-hybridized carbons (Fsp3) is 0.700. The van der Waals surface area contributed by atoms with Gasteiger partial charge < -0.3 is 41.5 Å². The summed E-state index contributed by atoms with van der Waals surface area (Å²) >= 11 is 0. The van der Waals surface area contributed by atoms with Crippen molar-refractivity contribution in [1.82, 2.24) is 10.2 Å². The predicted molar refractivity (Wildman–Crippen MR) is 148 cm³/mol. The molecule has 226 valence electrons. The topological polar surface area (TPSA) is 194 Å². The predicted octanol–water partition coefficient (Wildman–Crippen LogP) is 0.608. The summed E-state index contributed by atoms with van der Waals surface area (Å²) in [7, 11) is 3.91. The number of aliphatic hydroxyl groups is 5. The van der Waals surface area contributed by atoms with Gasteiger partial charge in [-0.1, -0.05) is 6.08 Å². The van der Waals surface area contributed by atoms with Gasteiger partial charge in [-0.05, 0) is 82.7 Å².